The van der Waals surface area contributed by atoms with E-state index in [0.29, 0.717) is 0 Å². The summed E-state index contributed by atoms with van der Waals surface area (Å²) in [5.41, 5.74) is 16.0. The van der Waals surface area contributed by atoms with Crippen LogP contribution in [0.4, 0.5) is 0 Å². The molecule has 0 spiro atoms. The number of aliphatic imine (C=N–C) groups is 1. The molecular weight excluding hydrogens is 667 g/mol. The van der Waals surface area contributed by atoms with Crippen molar-refractivity contribution in [3.05, 3.63) is 216 Å². The zero-order valence-electron chi connectivity index (χ0n) is 31.0. The minimum absolute atomic E-state index is 0.0965. The highest BCUT2D eigenvalue weighted by Crippen LogP contribution is 2.55. The Bertz CT molecular complexity index is 2710. The molecule has 2 aliphatic rings. The number of nitrogens with zero attached hydrogens (tertiary/aromatic N) is 1. The summed E-state index contributed by atoms with van der Waals surface area (Å²) in [5, 5.41) is 10.0. The molecule has 1 aliphatic carbocycles. The molecule has 8 aromatic carbocycles. The minimum atomic E-state index is -0.246. The van der Waals surface area contributed by atoms with Crippen LogP contribution in [0.25, 0.3) is 55.3 Å². The Hall–Kier alpha value is -6.55. The van der Waals surface area contributed by atoms with Crippen molar-refractivity contribution in [2.24, 2.45) is 4.99 Å². The van der Waals surface area contributed by atoms with Gasteiger partial charge in [-0.1, -0.05) is 184 Å². The molecular formula is C52H41N3. The van der Waals surface area contributed by atoms with Gasteiger partial charge in [-0.3, -0.25) is 5.32 Å². The van der Waals surface area contributed by atoms with Gasteiger partial charge in [0.05, 0.1) is 0 Å². The summed E-state index contributed by atoms with van der Waals surface area (Å²) in [6.45, 7) is 4.77. The maximum Gasteiger partial charge on any atom is 0.131 e. The number of benzene rings is 8. The summed E-state index contributed by atoms with van der Waals surface area (Å²) in [7, 11) is 0. The summed E-state index contributed by atoms with van der Waals surface area (Å²) in [5.74, 6) is 0.885. The molecule has 10 rings (SSSR count). The molecule has 55 heavy (non-hydrogen) atoms. The molecule has 1 aliphatic heterocycles. The molecule has 2 N–H and O–H groups in total. The van der Waals surface area contributed by atoms with Crippen molar-refractivity contribution in [2.45, 2.75) is 31.6 Å². The Labute approximate surface area is 323 Å². The van der Waals surface area contributed by atoms with E-state index < -0.39 is 0 Å². The van der Waals surface area contributed by atoms with Crippen molar-refractivity contribution in [1.82, 2.24) is 10.6 Å². The molecule has 8 aromatic rings. The summed E-state index contributed by atoms with van der Waals surface area (Å²) in [4.78, 5) is 5.28. The van der Waals surface area contributed by atoms with Crippen molar-refractivity contribution < 1.29 is 0 Å². The van der Waals surface area contributed by atoms with Crippen LogP contribution in [-0.2, 0) is 5.41 Å². The number of nitrogens with one attached hydrogen (secondary N) is 2. The number of rotatable bonds is 6. The van der Waals surface area contributed by atoms with Gasteiger partial charge >= 0.3 is 0 Å². The van der Waals surface area contributed by atoms with E-state index >= 15 is 0 Å². The van der Waals surface area contributed by atoms with Crippen LogP contribution in [0.2, 0.25) is 0 Å². The zero-order chi connectivity index (χ0) is 36.9. The normalized spacial score (nSPS) is 16.9. The second-order valence-electron chi connectivity index (χ2n) is 15.3. The molecule has 1 heterocycles. The van der Waals surface area contributed by atoms with Gasteiger partial charge in [-0.25, -0.2) is 4.99 Å². The first-order valence-corrected chi connectivity index (χ1v) is 19.2. The van der Waals surface area contributed by atoms with Crippen LogP contribution in [0, 0.1) is 0 Å². The maximum atomic E-state index is 5.28. The molecule has 0 fully saturated rings. The third-order valence-electron chi connectivity index (χ3n) is 11.5. The molecule has 0 bridgehead atoms. The number of amidine groups is 1. The van der Waals surface area contributed by atoms with E-state index in [1.165, 1.54) is 72.0 Å². The van der Waals surface area contributed by atoms with Gasteiger partial charge in [-0.05, 0) is 95.7 Å². The Balaban J connectivity index is 1.09. The molecule has 264 valence electrons. The standard InChI is InChI=1S/C52H41N3/c1-52(2)45-32-39(36-27-25-35(26-28-36)34-15-6-3-7-16-34)29-30-44(45)48-46(52)33-40-21-12-13-24-43(40)47(48)41-22-14-23-42(31-41)51-54-49(37-17-8-4-9-18-37)53-50(55-51)38-19-10-5-11-20-38/h3-33,49,51,54H,1-2H3,(H,53,55). The fourth-order valence-corrected chi connectivity index (χ4v) is 8.66. The van der Waals surface area contributed by atoms with Crippen molar-refractivity contribution >= 4 is 16.6 Å². The van der Waals surface area contributed by atoms with Crippen LogP contribution in [0.5, 0.6) is 0 Å². The monoisotopic (exact) mass is 707 g/mol. The van der Waals surface area contributed by atoms with Crippen LogP contribution >= 0.6 is 0 Å². The molecule has 3 heteroatoms. The van der Waals surface area contributed by atoms with Crippen LogP contribution in [-0.4, -0.2) is 5.84 Å². The molecule has 3 nitrogen and oxygen atoms in total. The molecule has 0 amide bonds. The molecule has 0 saturated carbocycles. The average Bonchev–Trinajstić information content (AvgIpc) is 3.48. The molecule has 0 aromatic heterocycles. The van der Waals surface area contributed by atoms with Gasteiger partial charge in [0, 0.05) is 11.0 Å². The largest absolute Gasteiger partial charge is 0.350 e. The second kappa shape index (κ2) is 13.4. The van der Waals surface area contributed by atoms with Crippen LogP contribution in [0.3, 0.4) is 0 Å². The highest BCUT2D eigenvalue weighted by Gasteiger charge is 2.38. The summed E-state index contributed by atoms with van der Waals surface area (Å²) < 4.78 is 0. The summed E-state index contributed by atoms with van der Waals surface area (Å²) in [6.07, 6.45) is -0.343. The van der Waals surface area contributed by atoms with Crippen LogP contribution in [0.15, 0.2) is 193 Å². The average molecular weight is 708 g/mol. The van der Waals surface area contributed by atoms with Crippen LogP contribution < -0.4 is 10.6 Å². The predicted octanol–water partition coefficient (Wildman–Crippen LogP) is 12.5. The number of hydrogen-bond acceptors (Lipinski definition) is 3. The summed E-state index contributed by atoms with van der Waals surface area (Å²) >= 11 is 0. The molecule has 2 atom stereocenters. The van der Waals surface area contributed by atoms with Gasteiger partial charge in [0.1, 0.15) is 18.2 Å². The lowest BCUT2D eigenvalue weighted by Crippen LogP contribution is -2.44. The first-order valence-electron chi connectivity index (χ1n) is 19.2. The summed E-state index contributed by atoms with van der Waals surface area (Å²) in [6, 6.07) is 68.0. The fraction of sp³-hybridized carbons (Fsp3) is 0.0962. The fourth-order valence-electron chi connectivity index (χ4n) is 8.66. The van der Waals surface area contributed by atoms with Crippen molar-refractivity contribution in [2.75, 3.05) is 0 Å². The van der Waals surface area contributed by atoms with E-state index in [4.69, 9.17) is 4.99 Å². The quantitative estimate of drug-likeness (QED) is 0.180. The SMILES string of the molecule is CC1(C)c2cc(-c3ccc(-c4ccccc4)cc3)ccc2-c2c1cc1ccccc1c2-c1cccc(C2N=C(c3ccccc3)NC(c3ccccc3)N2)c1. The van der Waals surface area contributed by atoms with Gasteiger partial charge in [0.25, 0.3) is 0 Å². The Morgan fingerprint density at radius 2 is 1.04 bits per heavy atom. The topological polar surface area (TPSA) is 36.4 Å². The highest BCUT2D eigenvalue weighted by atomic mass is 15.3. The lowest BCUT2D eigenvalue weighted by molar-refractivity contribution is 0.409. The predicted molar refractivity (Wildman–Crippen MR) is 229 cm³/mol. The van der Waals surface area contributed by atoms with Crippen molar-refractivity contribution in [3.63, 3.8) is 0 Å². The Kier molecular flexibility index (Phi) is 8.04. The Morgan fingerprint density at radius 1 is 0.455 bits per heavy atom. The van der Waals surface area contributed by atoms with Gasteiger partial charge in [0.2, 0.25) is 0 Å². The molecule has 0 radical (unpaired) electrons. The van der Waals surface area contributed by atoms with Crippen molar-refractivity contribution in [3.8, 4) is 44.5 Å². The maximum absolute atomic E-state index is 5.28. The highest BCUT2D eigenvalue weighted by molar-refractivity contribution is 6.08. The van der Waals surface area contributed by atoms with Gasteiger partial charge < -0.3 is 5.32 Å². The first-order chi connectivity index (χ1) is 27.0. The second-order valence-corrected chi connectivity index (χ2v) is 15.3. The smallest absolute Gasteiger partial charge is 0.131 e. The van der Waals surface area contributed by atoms with E-state index in [0.717, 1.165) is 17.0 Å². The van der Waals surface area contributed by atoms with Gasteiger partial charge in [0.15, 0.2) is 0 Å². The third-order valence-corrected chi connectivity index (χ3v) is 11.5. The third kappa shape index (κ3) is 5.85. The lowest BCUT2D eigenvalue weighted by atomic mass is 9.80. The van der Waals surface area contributed by atoms with E-state index in [9.17, 15) is 0 Å². The minimum Gasteiger partial charge on any atom is -0.350 e. The van der Waals surface area contributed by atoms with E-state index in [2.05, 4.69) is 206 Å². The molecule has 0 saturated heterocycles. The zero-order valence-corrected chi connectivity index (χ0v) is 31.0. The van der Waals surface area contributed by atoms with E-state index in [1.54, 1.807) is 0 Å². The van der Waals surface area contributed by atoms with E-state index in [1.807, 2.05) is 6.07 Å². The van der Waals surface area contributed by atoms with Crippen LogP contribution in [0.1, 0.15) is 54.0 Å². The molecule has 2 unspecified atom stereocenters. The number of hydrogen-bond donors (Lipinski definition) is 2. The van der Waals surface area contributed by atoms with E-state index in [-0.39, 0.29) is 17.7 Å². The lowest BCUT2D eigenvalue weighted by Gasteiger charge is -2.32. The first kappa shape index (κ1) is 33.1. The van der Waals surface area contributed by atoms with Gasteiger partial charge in [-0.15, -0.1) is 0 Å². The van der Waals surface area contributed by atoms with Gasteiger partial charge in [-0.2, -0.15) is 0 Å². The number of fused-ring (bicyclic) bond motifs is 4. The Morgan fingerprint density at radius 3 is 1.78 bits per heavy atom. The van der Waals surface area contributed by atoms with Crippen molar-refractivity contribution in [1.29, 1.82) is 0 Å².